The van der Waals surface area contributed by atoms with Gasteiger partial charge in [0.1, 0.15) is 6.10 Å². The Bertz CT molecular complexity index is 644. The average molecular weight is 501 g/mol. The van der Waals surface area contributed by atoms with Crippen LogP contribution in [0.15, 0.2) is 12.7 Å². The van der Waals surface area contributed by atoms with E-state index in [0.717, 1.165) is 32.1 Å². The molecule has 0 aliphatic carbocycles. The maximum atomic E-state index is 12.4. The maximum absolute atomic E-state index is 12.4. The minimum Gasteiger partial charge on any atom is -0.460 e. The fraction of sp³-hybridized carbons (Fsp3) is 0.889. The lowest BCUT2D eigenvalue weighted by Gasteiger charge is -2.37. The summed E-state index contributed by atoms with van der Waals surface area (Å²) < 4.78 is 22.9. The zero-order valence-corrected chi connectivity index (χ0v) is 22.1. The number of hydrogen-bond acceptors (Lipinski definition) is 8. The monoisotopic (exact) mass is 500 g/mol. The topological polar surface area (TPSA) is 115 Å². The van der Waals surface area contributed by atoms with Crippen molar-refractivity contribution in [1.82, 2.24) is 0 Å². The molecule has 0 amide bonds. The number of aliphatic hydroxyl groups excluding tert-OH is 2. The minimum absolute atomic E-state index is 0.0607. The van der Waals surface area contributed by atoms with E-state index in [1.54, 1.807) is 13.0 Å². The largest absolute Gasteiger partial charge is 0.460 e. The molecule has 35 heavy (non-hydrogen) atoms. The van der Waals surface area contributed by atoms with Crippen molar-refractivity contribution in [1.29, 1.82) is 0 Å². The molecular weight excluding hydrogens is 452 g/mol. The first-order chi connectivity index (χ1) is 16.4. The van der Waals surface area contributed by atoms with E-state index < -0.39 is 23.8 Å². The highest BCUT2D eigenvalue weighted by Crippen LogP contribution is 2.34. The Hall–Kier alpha value is -1.03. The Kier molecular flexibility index (Phi) is 12.1. The quantitative estimate of drug-likeness (QED) is 0.259. The molecule has 2 heterocycles. The number of carbonyl (C=O) groups is 1. The summed E-state index contributed by atoms with van der Waals surface area (Å²) in [7, 11) is 0. The number of rotatable bonds is 13. The van der Waals surface area contributed by atoms with E-state index in [0.29, 0.717) is 32.3 Å². The third kappa shape index (κ3) is 10.5. The highest BCUT2D eigenvalue weighted by molar-refractivity contribution is 5.70. The third-order valence-electron chi connectivity index (χ3n) is 7.45. The van der Waals surface area contributed by atoms with Crippen molar-refractivity contribution in [2.24, 2.45) is 5.41 Å². The molecule has 8 heteroatoms. The lowest BCUT2D eigenvalue weighted by atomic mass is 9.75. The van der Waals surface area contributed by atoms with Gasteiger partial charge in [0, 0.05) is 6.42 Å². The summed E-state index contributed by atoms with van der Waals surface area (Å²) in [5, 5.41) is 30.7. The molecule has 0 aromatic carbocycles. The molecule has 0 spiro atoms. The molecule has 2 fully saturated rings. The average Bonchev–Trinajstić information content (AvgIpc) is 2.77. The lowest BCUT2D eigenvalue weighted by Crippen LogP contribution is -2.39. The molecule has 2 aliphatic rings. The molecule has 8 nitrogen and oxygen atoms in total. The van der Waals surface area contributed by atoms with Crippen LogP contribution in [-0.4, -0.2) is 76.9 Å². The molecule has 7 atom stereocenters. The van der Waals surface area contributed by atoms with Crippen molar-refractivity contribution in [2.45, 2.75) is 134 Å². The number of aliphatic hydroxyl groups is 3. The number of hydrogen-bond donors (Lipinski definition) is 3. The van der Waals surface area contributed by atoms with Crippen LogP contribution in [0.1, 0.15) is 91.9 Å². The Morgan fingerprint density at radius 3 is 2.49 bits per heavy atom. The van der Waals surface area contributed by atoms with Gasteiger partial charge in [-0.15, -0.1) is 0 Å². The van der Waals surface area contributed by atoms with E-state index in [9.17, 15) is 20.1 Å². The maximum Gasteiger partial charge on any atom is 0.308 e. The highest BCUT2D eigenvalue weighted by Gasteiger charge is 2.35. The minimum atomic E-state index is -0.864. The van der Waals surface area contributed by atoms with Gasteiger partial charge in [0.2, 0.25) is 0 Å². The fourth-order valence-electron chi connectivity index (χ4n) is 4.58. The van der Waals surface area contributed by atoms with Crippen molar-refractivity contribution in [3.63, 3.8) is 0 Å². The van der Waals surface area contributed by atoms with E-state index >= 15 is 0 Å². The second kappa shape index (κ2) is 14.1. The molecule has 2 aliphatic heterocycles. The van der Waals surface area contributed by atoms with Crippen LogP contribution >= 0.6 is 0 Å². The van der Waals surface area contributed by atoms with E-state index in [2.05, 4.69) is 6.58 Å². The smallest absolute Gasteiger partial charge is 0.308 e. The van der Waals surface area contributed by atoms with Crippen molar-refractivity contribution >= 4 is 5.97 Å². The van der Waals surface area contributed by atoms with Crippen LogP contribution in [0.25, 0.3) is 0 Å². The molecule has 0 saturated carbocycles. The van der Waals surface area contributed by atoms with Crippen molar-refractivity contribution in [3.05, 3.63) is 12.7 Å². The summed E-state index contributed by atoms with van der Waals surface area (Å²) in [5.41, 5.74) is -1.12. The first kappa shape index (κ1) is 30.2. The summed E-state index contributed by atoms with van der Waals surface area (Å²) in [6, 6.07) is 0. The molecule has 2 rings (SSSR count). The van der Waals surface area contributed by atoms with Gasteiger partial charge in [0.05, 0.1) is 49.7 Å². The van der Waals surface area contributed by atoms with E-state index in [1.165, 1.54) is 0 Å². The molecule has 3 N–H and O–H groups in total. The van der Waals surface area contributed by atoms with Crippen molar-refractivity contribution in [3.8, 4) is 0 Å². The Balaban J connectivity index is 1.70. The second-order valence-corrected chi connectivity index (χ2v) is 11.4. The van der Waals surface area contributed by atoms with Gasteiger partial charge in [-0.1, -0.05) is 27.4 Å². The second-order valence-electron chi connectivity index (χ2n) is 11.4. The van der Waals surface area contributed by atoms with Crippen LogP contribution in [0.5, 0.6) is 0 Å². The van der Waals surface area contributed by atoms with E-state index in [1.807, 2.05) is 20.8 Å². The van der Waals surface area contributed by atoms with Crippen LogP contribution in [0.4, 0.5) is 0 Å². The van der Waals surface area contributed by atoms with Crippen molar-refractivity contribution < 1.29 is 39.1 Å². The van der Waals surface area contributed by atoms with E-state index in [-0.39, 0.29) is 43.0 Å². The first-order valence-corrected chi connectivity index (χ1v) is 13.2. The molecular formula is C27H48O8. The van der Waals surface area contributed by atoms with Gasteiger partial charge in [-0.2, -0.15) is 0 Å². The molecule has 0 radical (unpaired) electrons. The SMILES string of the molecule is C=C[C@H]1OCC[C@@H](C[C@H]2CCC[C@@H](C[C@@H](O)CC(=O)O[C@@H](CO)CCC[C@@](C)(O)C(C)(C)C)O2)O1. The standard InChI is InChI=1S/C27H48O8/c1-6-25-32-14-12-22(35-25)17-21-10-7-9-20(33-21)15-19(29)16-24(30)34-23(18-28)11-8-13-27(5,31)26(2,3)4/h6,19-23,25,28-29,31H,1,7-18H2,2-5H3/t19-,20+,21-,22+,23-,25+,27-/m1/s1. The first-order valence-electron chi connectivity index (χ1n) is 13.2. The zero-order chi connectivity index (χ0) is 26.1. The summed E-state index contributed by atoms with van der Waals surface area (Å²) in [4.78, 5) is 12.4. The van der Waals surface area contributed by atoms with Crippen LogP contribution in [0.2, 0.25) is 0 Å². The van der Waals surface area contributed by atoms with Gasteiger partial charge >= 0.3 is 5.97 Å². The lowest BCUT2D eigenvalue weighted by molar-refractivity contribution is -0.199. The van der Waals surface area contributed by atoms with Gasteiger partial charge in [-0.05, 0) is 69.8 Å². The summed E-state index contributed by atoms with van der Waals surface area (Å²) in [6.07, 6.45) is 6.06. The molecule has 0 unspecified atom stereocenters. The fourth-order valence-corrected chi connectivity index (χ4v) is 4.58. The third-order valence-corrected chi connectivity index (χ3v) is 7.45. The van der Waals surface area contributed by atoms with Crippen LogP contribution in [0.3, 0.4) is 0 Å². The predicted molar refractivity (Wildman–Crippen MR) is 133 cm³/mol. The van der Waals surface area contributed by atoms with Gasteiger partial charge in [0.25, 0.3) is 0 Å². The number of ether oxygens (including phenoxy) is 4. The number of esters is 1. The molecule has 2 saturated heterocycles. The summed E-state index contributed by atoms with van der Waals surface area (Å²) in [6.45, 7) is 11.8. The molecule has 0 aromatic rings. The van der Waals surface area contributed by atoms with Gasteiger partial charge in [-0.25, -0.2) is 0 Å². The van der Waals surface area contributed by atoms with E-state index in [4.69, 9.17) is 18.9 Å². The van der Waals surface area contributed by atoms with Gasteiger partial charge in [0.15, 0.2) is 6.29 Å². The normalized spacial score (nSPS) is 29.1. The van der Waals surface area contributed by atoms with Crippen LogP contribution < -0.4 is 0 Å². The van der Waals surface area contributed by atoms with Gasteiger partial charge in [-0.3, -0.25) is 4.79 Å². The summed E-state index contributed by atoms with van der Waals surface area (Å²) >= 11 is 0. The van der Waals surface area contributed by atoms with Gasteiger partial charge < -0.3 is 34.3 Å². The molecule has 204 valence electrons. The van der Waals surface area contributed by atoms with Crippen LogP contribution in [0, 0.1) is 5.41 Å². The number of carbonyl (C=O) groups excluding carboxylic acids is 1. The Morgan fingerprint density at radius 1 is 1.14 bits per heavy atom. The summed E-state index contributed by atoms with van der Waals surface area (Å²) in [5.74, 6) is -0.530. The molecule has 0 bridgehead atoms. The highest BCUT2D eigenvalue weighted by atomic mass is 16.7. The van der Waals surface area contributed by atoms with Crippen LogP contribution in [-0.2, 0) is 23.7 Å². The van der Waals surface area contributed by atoms with Crippen molar-refractivity contribution in [2.75, 3.05) is 13.2 Å². The Morgan fingerprint density at radius 2 is 1.83 bits per heavy atom. The molecule has 0 aromatic heterocycles. The zero-order valence-electron chi connectivity index (χ0n) is 22.1. The predicted octanol–water partition coefficient (Wildman–Crippen LogP) is 3.64. The Labute approximate surface area is 211 Å².